The first-order chi connectivity index (χ1) is 9.11. The fourth-order valence-electron chi connectivity index (χ4n) is 1.46. The largest absolute Gasteiger partial charge is 0.360 e. The molecule has 19 heavy (non-hydrogen) atoms. The lowest BCUT2D eigenvalue weighted by atomic mass is 10.2. The second-order valence-electron chi connectivity index (χ2n) is 3.81. The number of nitrogens with zero attached hydrogens (tertiary/aromatic N) is 2. The molecule has 2 N–H and O–H groups in total. The minimum absolute atomic E-state index is 0.285. The predicted octanol–water partition coefficient (Wildman–Crippen LogP) is 3.18. The molecule has 0 aliphatic carbocycles. The minimum Gasteiger partial charge on any atom is -0.360 e. The molecule has 1 amide bonds. The summed E-state index contributed by atoms with van der Waals surface area (Å²) in [5.41, 5.74) is 1.51. The third kappa shape index (κ3) is 3.21. The van der Waals surface area contributed by atoms with Gasteiger partial charge in [0.05, 0.1) is 0 Å². The van der Waals surface area contributed by atoms with Gasteiger partial charge in [-0.2, -0.15) is 0 Å². The van der Waals surface area contributed by atoms with Crippen molar-refractivity contribution < 1.29 is 4.79 Å². The lowest BCUT2D eigenvalue weighted by Gasteiger charge is -2.07. The smallest absolute Gasteiger partial charge is 0.286 e. The second-order valence-corrected chi connectivity index (χ2v) is 5.19. The summed E-state index contributed by atoms with van der Waals surface area (Å²) in [7, 11) is 0. The molecular weight excluding hydrogens is 284 g/mol. The molecule has 0 radical (unpaired) electrons. The van der Waals surface area contributed by atoms with E-state index in [1.54, 1.807) is 18.2 Å². The van der Waals surface area contributed by atoms with Crippen LogP contribution in [0.2, 0.25) is 5.02 Å². The number of halogens is 1. The van der Waals surface area contributed by atoms with E-state index in [-0.39, 0.29) is 5.91 Å². The summed E-state index contributed by atoms with van der Waals surface area (Å²) in [6.45, 7) is 4.54. The highest BCUT2D eigenvalue weighted by Crippen LogP contribution is 2.24. The van der Waals surface area contributed by atoms with Crippen molar-refractivity contribution in [2.45, 2.75) is 13.8 Å². The van der Waals surface area contributed by atoms with E-state index < -0.39 is 0 Å². The summed E-state index contributed by atoms with van der Waals surface area (Å²) in [6, 6.07) is 5.36. The number of amides is 1. The van der Waals surface area contributed by atoms with Crippen molar-refractivity contribution in [2.24, 2.45) is 0 Å². The van der Waals surface area contributed by atoms with Crippen LogP contribution in [-0.2, 0) is 0 Å². The molecule has 0 aliphatic rings. The van der Waals surface area contributed by atoms with Gasteiger partial charge in [-0.3, -0.25) is 4.79 Å². The summed E-state index contributed by atoms with van der Waals surface area (Å²) >= 11 is 7.22. The van der Waals surface area contributed by atoms with E-state index >= 15 is 0 Å². The molecule has 2 aromatic rings. The van der Waals surface area contributed by atoms with E-state index in [9.17, 15) is 4.79 Å². The topological polar surface area (TPSA) is 66.9 Å². The van der Waals surface area contributed by atoms with Crippen molar-refractivity contribution in [2.75, 3.05) is 17.2 Å². The van der Waals surface area contributed by atoms with E-state index in [4.69, 9.17) is 11.6 Å². The number of anilines is 2. The Morgan fingerprint density at radius 2 is 2.21 bits per heavy atom. The molecule has 1 aromatic heterocycles. The number of carbonyl (C=O) groups is 1. The van der Waals surface area contributed by atoms with E-state index in [2.05, 4.69) is 20.8 Å². The van der Waals surface area contributed by atoms with Crippen molar-refractivity contribution in [1.29, 1.82) is 0 Å². The molecule has 0 saturated heterocycles. The molecule has 0 bridgehead atoms. The Bertz CT molecular complexity index is 599. The SMILES string of the molecule is CCNc1nnc(C(=O)Nc2cccc(Cl)c2C)s1. The van der Waals surface area contributed by atoms with Crippen molar-refractivity contribution in [3.8, 4) is 0 Å². The maximum Gasteiger partial charge on any atom is 0.286 e. The van der Waals surface area contributed by atoms with Crippen LogP contribution in [0.25, 0.3) is 0 Å². The minimum atomic E-state index is -0.285. The van der Waals surface area contributed by atoms with Crippen molar-refractivity contribution >= 4 is 39.7 Å². The molecule has 1 heterocycles. The van der Waals surface area contributed by atoms with Crippen LogP contribution in [0.3, 0.4) is 0 Å². The molecule has 7 heteroatoms. The number of carbonyl (C=O) groups excluding carboxylic acids is 1. The van der Waals surface area contributed by atoms with Crippen LogP contribution in [-0.4, -0.2) is 22.6 Å². The summed E-state index contributed by atoms with van der Waals surface area (Å²) < 4.78 is 0. The molecule has 100 valence electrons. The van der Waals surface area contributed by atoms with Crippen LogP contribution in [0.5, 0.6) is 0 Å². The number of hydrogen-bond donors (Lipinski definition) is 2. The zero-order chi connectivity index (χ0) is 13.8. The molecule has 5 nitrogen and oxygen atoms in total. The van der Waals surface area contributed by atoms with Crippen LogP contribution >= 0.6 is 22.9 Å². The molecular formula is C12H13ClN4OS. The van der Waals surface area contributed by atoms with E-state index in [0.717, 1.165) is 12.1 Å². The van der Waals surface area contributed by atoms with Gasteiger partial charge in [-0.15, -0.1) is 10.2 Å². The fraction of sp³-hybridized carbons (Fsp3) is 0.250. The highest BCUT2D eigenvalue weighted by atomic mass is 35.5. The van der Waals surface area contributed by atoms with Crippen molar-refractivity contribution in [1.82, 2.24) is 10.2 Å². The molecule has 0 saturated carbocycles. The fourth-order valence-corrected chi connectivity index (χ4v) is 2.34. The number of rotatable bonds is 4. The predicted molar refractivity (Wildman–Crippen MR) is 78.2 cm³/mol. The maximum absolute atomic E-state index is 12.0. The Hall–Kier alpha value is -1.66. The van der Waals surface area contributed by atoms with Gasteiger partial charge in [0.2, 0.25) is 10.1 Å². The van der Waals surface area contributed by atoms with E-state index in [1.807, 2.05) is 13.8 Å². The first-order valence-corrected chi connectivity index (χ1v) is 6.95. The highest BCUT2D eigenvalue weighted by Gasteiger charge is 2.14. The third-order valence-corrected chi connectivity index (χ3v) is 3.75. The van der Waals surface area contributed by atoms with Crippen LogP contribution in [0.15, 0.2) is 18.2 Å². The molecule has 0 spiro atoms. The molecule has 0 fully saturated rings. The molecule has 0 atom stereocenters. The second kappa shape index (κ2) is 5.99. The first kappa shape index (κ1) is 13.8. The Kier molecular flexibility index (Phi) is 4.34. The zero-order valence-corrected chi connectivity index (χ0v) is 12.1. The Balaban J connectivity index is 2.14. The van der Waals surface area contributed by atoms with Gasteiger partial charge in [-0.05, 0) is 31.5 Å². The summed E-state index contributed by atoms with van der Waals surface area (Å²) in [5, 5.41) is 15.1. The zero-order valence-electron chi connectivity index (χ0n) is 10.5. The summed E-state index contributed by atoms with van der Waals surface area (Å²) in [5.74, 6) is -0.285. The van der Waals surface area contributed by atoms with Crippen LogP contribution in [0, 0.1) is 6.92 Å². The van der Waals surface area contributed by atoms with E-state index in [1.165, 1.54) is 11.3 Å². The average molecular weight is 297 g/mol. The summed E-state index contributed by atoms with van der Waals surface area (Å²) in [6.07, 6.45) is 0. The number of hydrogen-bond acceptors (Lipinski definition) is 5. The van der Waals surface area contributed by atoms with E-state index in [0.29, 0.717) is 20.8 Å². The lowest BCUT2D eigenvalue weighted by molar-refractivity contribution is 0.102. The van der Waals surface area contributed by atoms with Gasteiger partial charge >= 0.3 is 0 Å². The van der Waals surface area contributed by atoms with Gasteiger partial charge in [0.25, 0.3) is 5.91 Å². The first-order valence-electron chi connectivity index (χ1n) is 5.75. The van der Waals surface area contributed by atoms with Crippen molar-refractivity contribution in [3.63, 3.8) is 0 Å². The van der Waals surface area contributed by atoms with Crippen LogP contribution in [0.1, 0.15) is 22.3 Å². The normalized spacial score (nSPS) is 10.3. The van der Waals surface area contributed by atoms with Crippen molar-refractivity contribution in [3.05, 3.63) is 33.8 Å². The monoisotopic (exact) mass is 296 g/mol. The molecule has 0 aliphatic heterocycles. The average Bonchev–Trinajstić information content (AvgIpc) is 2.84. The van der Waals surface area contributed by atoms with Crippen LogP contribution in [0.4, 0.5) is 10.8 Å². The van der Waals surface area contributed by atoms with Gasteiger partial charge in [0, 0.05) is 17.3 Å². The lowest BCUT2D eigenvalue weighted by Crippen LogP contribution is -2.12. The molecule has 1 aromatic carbocycles. The number of benzene rings is 1. The van der Waals surface area contributed by atoms with Gasteiger partial charge in [-0.1, -0.05) is 29.0 Å². The van der Waals surface area contributed by atoms with Gasteiger partial charge < -0.3 is 10.6 Å². The van der Waals surface area contributed by atoms with Gasteiger partial charge in [-0.25, -0.2) is 0 Å². The standard InChI is InChI=1S/C12H13ClN4OS/c1-3-14-12-17-16-11(19-12)10(18)15-9-6-4-5-8(13)7(9)2/h4-6H,3H2,1-2H3,(H,14,17)(H,15,18). The maximum atomic E-state index is 12.0. The summed E-state index contributed by atoms with van der Waals surface area (Å²) in [4.78, 5) is 12.0. The Morgan fingerprint density at radius 3 is 2.95 bits per heavy atom. The number of nitrogens with one attached hydrogen (secondary N) is 2. The molecule has 2 rings (SSSR count). The number of aromatic nitrogens is 2. The Morgan fingerprint density at radius 1 is 1.42 bits per heavy atom. The van der Waals surface area contributed by atoms with Crippen LogP contribution < -0.4 is 10.6 Å². The van der Waals surface area contributed by atoms with Gasteiger partial charge in [0.15, 0.2) is 0 Å². The third-order valence-electron chi connectivity index (χ3n) is 2.46. The van der Waals surface area contributed by atoms with Gasteiger partial charge in [0.1, 0.15) is 0 Å². The highest BCUT2D eigenvalue weighted by molar-refractivity contribution is 7.17. The quantitative estimate of drug-likeness (QED) is 0.909. The molecule has 0 unspecified atom stereocenters. The Labute approximate surface area is 120 Å².